The molecule has 0 aromatic carbocycles. The first-order valence-corrected chi connectivity index (χ1v) is 4.83. The van der Waals surface area contributed by atoms with Gasteiger partial charge in [0.25, 0.3) is 0 Å². The Kier molecular flexibility index (Phi) is 5.20. The molecule has 0 heterocycles. The van der Waals surface area contributed by atoms with Gasteiger partial charge in [-0.2, -0.15) is 0 Å². The van der Waals surface area contributed by atoms with Crippen LogP contribution in [0.5, 0.6) is 0 Å². The van der Waals surface area contributed by atoms with Crippen molar-refractivity contribution in [2.75, 3.05) is 0 Å². The maximum absolute atomic E-state index is 11.5. The van der Waals surface area contributed by atoms with E-state index in [1.165, 1.54) is 0 Å². The van der Waals surface area contributed by atoms with E-state index in [-0.39, 0.29) is 5.97 Å². The lowest BCUT2D eigenvalue weighted by atomic mass is 10.1. The Labute approximate surface area is 85.0 Å². The lowest BCUT2D eigenvalue weighted by Crippen LogP contribution is -2.40. The Balaban J connectivity index is 4.21. The average molecular weight is 201 g/mol. The first kappa shape index (κ1) is 12.9. The Morgan fingerprint density at radius 1 is 1.50 bits per heavy atom. The van der Waals surface area contributed by atoms with E-state index in [1.54, 1.807) is 20.8 Å². The second-order valence-electron chi connectivity index (χ2n) is 4.16. The Morgan fingerprint density at radius 3 is 2.43 bits per heavy atom. The van der Waals surface area contributed by atoms with Crippen molar-refractivity contribution in [1.29, 1.82) is 0 Å². The second-order valence-corrected chi connectivity index (χ2v) is 4.16. The molecule has 1 atom stereocenters. The third-order valence-corrected chi connectivity index (χ3v) is 1.54. The van der Waals surface area contributed by atoms with Gasteiger partial charge in [0, 0.05) is 0 Å². The summed E-state index contributed by atoms with van der Waals surface area (Å²) in [5, 5.41) is 2.45. The molecule has 0 bridgehead atoms. The number of nitrogens with one attached hydrogen (secondary N) is 1. The van der Waals surface area contributed by atoms with Crippen LogP contribution in [-0.2, 0) is 14.3 Å². The average Bonchev–Trinajstić information content (AvgIpc) is 2.01. The fourth-order valence-electron chi connectivity index (χ4n) is 1.01. The molecule has 1 amide bonds. The largest absolute Gasteiger partial charge is 0.458 e. The van der Waals surface area contributed by atoms with E-state index in [2.05, 4.69) is 5.32 Å². The van der Waals surface area contributed by atoms with Crippen LogP contribution >= 0.6 is 0 Å². The number of rotatable bonds is 5. The number of esters is 1. The quantitative estimate of drug-likeness (QED) is 0.538. The number of amides is 1. The van der Waals surface area contributed by atoms with Crippen LogP contribution in [0.4, 0.5) is 0 Å². The molecule has 4 nitrogen and oxygen atoms in total. The van der Waals surface area contributed by atoms with Crippen LogP contribution < -0.4 is 5.32 Å². The van der Waals surface area contributed by atoms with Gasteiger partial charge < -0.3 is 10.1 Å². The van der Waals surface area contributed by atoms with Crippen molar-refractivity contribution in [3.8, 4) is 0 Å². The second kappa shape index (κ2) is 5.62. The molecule has 0 aliphatic rings. The minimum absolute atomic E-state index is 0.369. The molecule has 0 saturated carbocycles. The summed E-state index contributed by atoms with van der Waals surface area (Å²) in [6.07, 6.45) is 1.96. The normalized spacial score (nSPS) is 13.1. The van der Waals surface area contributed by atoms with Crippen LogP contribution in [-0.4, -0.2) is 24.0 Å². The molecule has 0 radical (unpaired) electrons. The number of carbonyl (C=O) groups is 2. The van der Waals surface area contributed by atoms with Gasteiger partial charge in [-0.15, -0.1) is 0 Å². The summed E-state index contributed by atoms with van der Waals surface area (Å²) in [6, 6.07) is -0.517. The van der Waals surface area contributed by atoms with Crippen LogP contribution in [0.25, 0.3) is 0 Å². The van der Waals surface area contributed by atoms with E-state index in [4.69, 9.17) is 4.74 Å². The minimum Gasteiger partial charge on any atom is -0.458 e. The van der Waals surface area contributed by atoms with Crippen molar-refractivity contribution in [3.63, 3.8) is 0 Å². The molecular formula is C10H19NO3. The van der Waals surface area contributed by atoms with Gasteiger partial charge >= 0.3 is 5.97 Å². The first-order chi connectivity index (χ1) is 6.40. The molecule has 0 aromatic heterocycles. The van der Waals surface area contributed by atoms with E-state index in [0.717, 1.165) is 6.42 Å². The third kappa shape index (κ3) is 5.56. The molecule has 0 aromatic rings. The zero-order valence-corrected chi connectivity index (χ0v) is 9.29. The molecule has 4 heteroatoms. The highest BCUT2D eigenvalue weighted by Crippen LogP contribution is 2.10. The summed E-state index contributed by atoms with van der Waals surface area (Å²) in [4.78, 5) is 21.7. The highest BCUT2D eigenvalue weighted by atomic mass is 16.6. The topological polar surface area (TPSA) is 55.4 Å². The van der Waals surface area contributed by atoms with Gasteiger partial charge in [0.05, 0.1) is 0 Å². The predicted molar refractivity (Wildman–Crippen MR) is 53.7 cm³/mol. The van der Waals surface area contributed by atoms with Gasteiger partial charge in [-0.3, -0.25) is 4.79 Å². The van der Waals surface area contributed by atoms with E-state index in [1.807, 2.05) is 6.92 Å². The molecule has 0 fully saturated rings. The smallest absolute Gasteiger partial charge is 0.329 e. The molecule has 0 spiro atoms. The number of ether oxygens (including phenoxy) is 1. The standard InChI is InChI=1S/C10H19NO3/c1-5-6-8(11-7-12)9(13)14-10(2,3)4/h7-8H,5-6H2,1-4H3,(H,11,12). The van der Waals surface area contributed by atoms with Crippen LogP contribution in [0.3, 0.4) is 0 Å². The van der Waals surface area contributed by atoms with Crippen LogP contribution in [0.2, 0.25) is 0 Å². The lowest BCUT2D eigenvalue weighted by molar-refractivity contribution is -0.158. The van der Waals surface area contributed by atoms with Gasteiger partial charge in [-0.05, 0) is 27.2 Å². The number of hydrogen-bond acceptors (Lipinski definition) is 3. The van der Waals surface area contributed by atoms with Crippen molar-refractivity contribution < 1.29 is 14.3 Å². The van der Waals surface area contributed by atoms with Gasteiger partial charge in [0.15, 0.2) is 0 Å². The highest BCUT2D eigenvalue weighted by molar-refractivity contribution is 5.78. The Hall–Kier alpha value is -1.06. The van der Waals surface area contributed by atoms with Crippen molar-refractivity contribution >= 4 is 12.4 Å². The summed E-state index contributed by atoms with van der Waals surface area (Å²) >= 11 is 0. The molecule has 1 N–H and O–H groups in total. The summed E-state index contributed by atoms with van der Waals surface area (Å²) in [5.41, 5.74) is -0.506. The van der Waals surface area contributed by atoms with Gasteiger partial charge in [0.2, 0.25) is 6.41 Å². The Bertz CT molecular complexity index is 196. The van der Waals surface area contributed by atoms with Crippen LogP contribution in [0.15, 0.2) is 0 Å². The predicted octanol–water partition coefficient (Wildman–Crippen LogP) is 1.24. The maximum Gasteiger partial charge on any atom is 0.329 e. The summed E-state index contributed by atoms with van der Waals surface area (Å²) in [6.45, 7) is 7.35. The minimum atomic E-state index is -0.517. The zero-order chi connectivity index (χ0) is 11.2. The monoisotopic (exact) mass is 201 g/mol. The zero-order valence-electron chi connectivity index (χ0n) is 9.29. The van der Waals surface area contributed by atoms with Crippen molar-refractivity contribution in [1.82, 2.24) is 5.32 Å². The molecular weight excluding hydrogens is 182 g/mol. The number of hydrogen-bond donors (Lipinski definition) is 1. The van der Waals surface area contributed by atoms with Gasteiger partial charge in [-0.25, -0.2) is 4.79 Å². The SMILES string of the molecule is CCCC(NC=O)C(=O)OC(C)(C)C. The van der Waals surface area contributed by atoms with E-state index >= 15 is 0 Å². The summed E-state index contributed by atoms with van der Waals surface area (Å²) < 4.78 is 5.14. The fraction of sp³-hybridized carbons (Fsp3) is 0.800. The lowest BCUT2D eigenvalue weighted by Gasteiger charge is -2.23. The van der Waals surface area contributed by atoms with Crippen molar-refractivity contribution in [2.45, 2.75) is 52.2 Å². The molecule has 0 saturated heterocycles. The van der Waals surface area contributed by atoms with Gasteiger partial charge in [-0.1, -0.05) is 13.3 Å². The molecule has 0 rings (SSSR count). The van der Waals surface area contributed by atoms with E-state index in [0.29, 0.717) is 12.8 Å². The highest BCUT2D eigenvalue weighted by Gasteiger charge is 2.23. The van der Waals surface area contributed by atoms with Crippen molar-refractivity contribution in [2.24, 2.45) is 0 Å². The summed E-state index contributed by atoms with van der Waals surface area (Å²) in [5.74, 6) is -0.369. The van der Waals surface area contributed by atoms with Crippen LogP contribution in [0, 0.1) is 0 Å². The molecule has 82 valence electrons. The first-order valence-electron chi connectivity index (χ1n) is 4.83. The number of carbonyl (C=O) groups excluding carboxylic acids is 2. The van der Waals surface area contributed by atoms with E-state index in [9.17, 15) is 9.59 Å². The van der Waals surface area contributed by atoms with Crippen LogP contribution in [0.1, 0.15) is 40.5 Å². The molecule has 0 aliphatic carbocycles. The molecule has 0 aliphatic heterocycles. The fourth-order valence-corrected chi connectivity index (χ4v) is 1.01. The third-order valence-electron chi connectivity index (χ3n) is 1.54. The summed E-state index contributed by atoms with van der Waals surface area (Å²) in [7, 11) is 0. The van der Waals surface area contributed by atoms with Crippen molar-refractivity contribution in [3.05, 3.63) is 0 Å². The van der Waals surface area contributed by atoms with E-state index < -0.39 is 11.6 Å². The molecule has 1 unspecified atom stereocenters. The maximum atomic E-state index is 11.5. The molecule has 14 heavy (non-hydrogen) atoms. The van der Waals surface area contributed by atoms with Gasteiger partial charge in [0.1, 0.15) is 11.6 Å². The Morgan fingerprint density at radius 2 is 2.07 bits per heavy atom.